The van der Waals surface area contributed by atoms with Crippen molar-refractivity contribution in [2.45, 2.75) is 19.9 Å². The number of phenols is 1. The van der Waals surface area contributed by atoms with Gasteiger partial charge < -0.3 is 10.8 Å². The number of carbonyl (C=O) groups is 1. The second-order valence-electron chi connectivity index (χ2n) is 3.34. The Morgan fingerprint density at radius 2 is 2.20 bits per heavy atom. The monoisotopic (exact) mass is 231 g/mol. The number of benzene rings is 1. The Morgan fingerprint density at radius 1 is 1.67 bits per heavy atom. The maximum absolute atomic E-state index is 13.3. The predicted molar refractivity (Wildman–Crippen MR) is 55.8 cm³/mol. The molecule has 0 aliphatic rings. The fourth-order valence-electron chi connectivity index (χ4n) is 1.23. The molecule has 1 aromatic rings. The number of Topliss-reactive ketones (excluding diaryl/α,β-unsaturated/α-hetero) is 1. The Bertz CT molecular complexity index is 392. The van der Waals surface area contributed by atoms with Gasteiger partial charge >= 0.3 is 0 Å². The van der Waals surface area contributed by atoms with Crippen molar-refractivity contribution >= 4 is 17.4 Å². The lowest BCUT2D eigenvalue weighted by Gasteiger charge is -2.11. The molecule has 0 fully saturated rings. The second-order valence-corrected chi connectivity index (χ2v) is 3.75. The Morgan fingerprint density at radius 3 is 2.67 bits per heavy atom. The Hall–Kier alpha value is -1.13. The van der Waals surface area contributed by atoms with Crippen LogP contribution in [0.3, 0.4) is 0 Å². The summed E-state index contributed by atoms with van der Waals surface area (Å²) in [6.07, 6.45) is 0. The van der Waals surface area contributed by atoms with Gasteiger partial charge in [-0.3, -0.25) is 4.79 Å². The molecule has 15 heavy (non-hydrogen) atoms. The second kappa shape index (κ2) is 4.16. The van der Waals surface area contributed by atoms with Gasteiger partial charge in [-0.25, -0.2) is 4.39 Å². The van der Waals surface area contributed by atoms with Gasteiger partial charge in [0.2, 0.25) is 0 Å². The van der Waals surface area contributed by atoms with Crippen molar-refractivity contribution in [1.29, 1.82) is 0 Å². The molecule has 5 heteroatoms. The van der Waals surface area contributed by atoms with E-state index in [1.807, 2.05) is 0 Å². The number of carbonyl (C=O) groups excluding carboxylic acids is 1. The van der Waals surface area contributed by atoms with Crippen LogP contribution in [0.25, 0.3) is 0 Å². The molecule has 0 spiro atoms. The minimum Gasteiger partial charge on any atom is -0.506 e. The average molecular weight is 232 g/mol. The number of aromatic hydroxyl groups is 1. The van der Waals surface area contributed by atoms with Gasteiger partial charge in [-0.2, -0.15) is 0 Å². The molecular formula is C10H11ClFNO2. The standard InChI is InChI=1S/C10H11ClFNO2/c1-4-7(12)3-6(11)10(15)8(4)9(14)5(2)13/h3,5,15H,13H2,1-2H3. The van der Waals surface area contributed by atoms with Crippen molar-refractivity contribution in [2.75, 3.05) is 0 Å². The van der Waals surface area contributed by atoms with E-state index in [0.29, 0.717) is 0 Å². The Kier molecular flexibility index (Phi) is 3.31. The van der Waals surface area contributed by atoms with E-state index in [1.54, 1.807) is 0 Å². The molecule has 0 radical (unpaired) electrons. The molecule has 0 aliphatic carbocycles. The predicted octanol–water partition coefficient (Wildman–Crippen LogP) is 2.02. The highest BCUT2D eigenvalue weighted by atomic mass is 35.5. The van der Waals surface area contributed by atoms with E-state index in [-0.39, 0.29) is 16.1 Å². The van der Waals surface area contributed by atoms with Crippen LogP contribution in [-0.4, -0.2) is 16.9 Å². The van der Waals surface area contributed by atoms with Gasteiger partial charge in [0.15, 0.2) is 5.78 Å². The van der Waals surface area contributed by atoms with E-state index >= 15 is 0 Å². The minimum atomic E-state index is -0.813. The summed E-state index contributed by atoms with van der Waals surface area (Å²) >= 11 is 5.56. The van der Waals surface area contributed by atoms with Crippen molar-refractivity contribution in [3.63, 3.8) is 0 Å². The van der Waals surface area contributed by atoms with Gasteiger partial charge in [0, 0.05) is 0 Å². The minimum absolute atomic E-state index is 0.0548. The Labute approximate surface area is 91.7 Å². The molecule has 0 amide bonds. The summed E-state index contributed by atoms with van der Waals surface area (Å²) in [4.78, 5) is 11.6. The van der Waals surface area contributed by atoms with Gasteiger partial charge in [-0.15, -0.1) is 0 Å². The molecule has 0 aliphatic heterocycles. The third-order valence-corrected chi connectivity index (χ3v) is 2.40. The number of phenolic OH excluding ortho intramolecular Hbond substituents is 1. The zero-order valence-electron chi connectivity index (χ0n) is 8.34. The first-order valence-electron chi connectivity index (χ1n) is 4.33. The van der Waals surface area contributed by atoms with Gasteiger partial charge in [0.1, 0.15) is 11.6 Å². The summed E-state index contributed by atoms with van der Waals surface area (Å²) in [5, 5.41) is 9.35. The highest BCUT2D eigenvalue weighted by Gasteiger charge is 2.22. The summed E-state index contributed by atoms with van der Waals surface area (Å²) < 4.78 is 13.3. The van der Waals surface area contributed by atoms with Crippen LogP contribution >= 0.6 is 11.6 Å². The molecule has 0 saturated heterocycles. The zero-order chi connectivity index (χ0) is 11.7. The molecule has 1 unspecified atom stereocenters. The summed E-state index contributed by atoms with van der Waals surface area (Å²) in [7, 11) is 0. The highest BCUT2D eigenvalue weighted by molar-refractivity contribution is 6.32. The lowest BCUT2D eigenvalue weighted by molar-refractivity contribution is 0.0964. The summed E-state index contributed by atoms with van der Waals surface area (Å²) in [6, 6.07) is 0.150. The first-order chi connectivity index (χ1) is 6.86. The summed E-state index contributed by atoms with van der Waals surface area (Å²) in [6.45, 7) is 2.85. The fourth-order valence-corrected chi connectivity index (χ4v) is 1.42. The fraction of sp³-hybridized carbons (Fsp3) is 0.300. The van der Waals surface area contributed by atoms with Crippen molar-refractivity contribution in [3.8, 4) is 5.75 Å². The number of hydrogen-bond donors (Lipinski definition) is 2. The number of hydrogen-bond acceptors (Lipinski definition) is 3. The smallest absolute Gasteiger partial charge is 0.183 e. The summed E-state index contributed by atoms with van der Waals surface area (Å²) in [5.41, 5.74) is 5.29. The number of nitrogens with two attached hydrogens (primary N) is 1. The van der Waals surface area contributed by atoms with Crippen LogP contribution < -0.4 is 5.73 Å². The van der Waals surface area contributed by atoms with Crippen LogP contribution in [0.15, 0.2) is 6.07 Å². The third kappa shape index (κ3) is 2.11. The van der Waals surface area contributed by atoms with E-state index in [9.17, 15) is 14.3 Å². The van der Waals surface area contributed by atoms with Gasteiger partial charge in [-0.1, -0.05) is 11.6 Å². The van der Waals surface area contributed by atoms with Crippen LogP contribution in [0.1, 0.15) is 22.8 Å². The zero-order valence-corrected chi connectivity index (χ0v) is 9.10. The van der Waals surface area contributed by atoms with E-state index in [0.717, 1.165) is 6.07 Å². The van der Waals surface area contributed by atoms with Crippen molar-refractivity contribution in [3.05, 3.63) is 28.0 Å². The molecule has 0 bridgehead atoms. The molecule has 3 nitrogen and oxygen atoms in total. The maximum atomic E-state index is 13.3. The van der Waals surface area contributed by atoms with Crippen molar-refractivity contribution in [1.82, 2.24) is 0 Å². The largest absolute Gasteiger partial charge is 0.506 e. The van der Waals surface area contributed by atoms with Crippen LogP contribution in [0.2, 0.25) is 5.02 Å². The van der Waals surface area contributed by atoms with Crippen LogP contribution in [-0.2, 0) is 0 Å². The Balaban J connectivity index is 3.46. The molecule has 1 rings (SSSR count). The quantitative estimate of drug-likeness (QED) is 0.766. The molecular weight excluding hydrogens is 221 g/mol. The third-order valence-electron chi connectivity index (χ3n) is 2.11. The molecule has 1 atom stereocenters. The lowest BCUT2D eigenvalue weighted by atomic mass is 9.99. The molecule has 3 N–H and O–H groups in total. The average Bonchev–Trinajstić information content (AvgIpc) is 2.15. The van der Waals surface area contributed by atoms with Crippen LogP contribution in [0, 0.1) is 12.7 Å². The molecule has 0 saturated carbocycles. The van der Waals surface area contributed by atoms with E-state index < -0.39 is 23.4 Å². The van der Waals surface area contributed by atoms with E-state index in [2.05, 4.69) is 0 Å². The lowest BCUT2D eigenvalue weighted by Crippen LogP contribution is -2.27. The first-order valence-corrected chi connectivity index (χ1v) is 4.71. The first kappa shape index (κ1) is 11.9. The van der Waals surface area contributed by atoms with E-state index in [4.69, 9.17) is 17.3 Å². The van der Waals surface area contributed by atoms with Crippen molar-refractivity contribution < 1.29 is 14.3 Å². The number of ketones is 1. The molecule has 0 aromatic heterocycles. The maximum Gasteiger partial charge on any atom is 0.183 e. The summed E-state index contributed by atoms with van der Waals surface area (Å²) in [5.74, 6) is -1.59. The van der Waals surface area contributed by atoms with Crippen LogP contribution in [0.4, 0.5) is 4.39 Å². The van der Waals surface area contributed by atoms with Crippen LogP contribution in [0.5, 0.6) is 5.75 Å². The normalized spacial score (nSPS) is 12.6. The molecule has 82 valence electrons. The number of halogens is 2. The van der Waals surface area contributed by atoms with Crippen molar-refractivity contribution in [2.24, 2.45) is 5.73 Å². The highest BCUT2D eigenvalue weighted by Crippen LogP contribution is 2.32. The molecule has 0 heterocycles. The SMILES string of the molecule is Cc1c(F)cc(Cl)c(O)c1C(=O)C(C)N. The topological polar surface area (TPSA) is 63.3 Å². The van der Waals surface area contributed by atoms with E-state index in [1.165, 1.54) is 13.8 Å². The van der Waals surface area contributed by atoms with Gasteiger partial charge in [0.05, 0.1) is 16.6 Å². The molecule has 1 aromatic carbocycles. The van der Waals surface area contributed by atoms with Gasteiger partial charge in [0.25, 0.3) is 0 Å². The van der Waals surface area contributed by atoms with Gasteiger partial charge in [-0.05, 0) is 25.5 Å². The number of rotatable bonds is 2.